The SMILES string of the molecule is CCOC(=O)c1c(NC(=O)C(F)(F)[C@]2(F)OC(F)(F)C(F)(F)C2(F)F)sc2c1CCCC2. The fourth-order valence-electron chi connectivity index (χ4n) is 3.35. The van der Waals surface area contributed by atoms with Gasteiger partial charge >= 0.3 is 41.6 Å². The number of halogens is 9. The van der Waals surface area contributed by atoms with E-state index in [9.17, 15) is 49.1 Å². The van der Waals surface area contributed by atoms with E-state index in [0.29, 0.717) is 41.0 Å². The van der Waals surface area contributed by atoms with Crippen LogP contribution in [0.4, 0.5) is 44.5 Å². The average molecular weight is 499 g/mol. The number of thiophene rings is 1. The van der Waals surface area contributed by atoms with Gasteiger partial charge in [-0.15, -0.1) is 11.3 Å². The molecule has 32 heavy (non-hydrogen) atoms. The molecule has 1 fully saturated rings. The lowest BCUT2D eigenvalue weighted by Gasteiger charge is -2.31. The molecule has 1 amide bonds. The average Bonchev–Trinajstić information content (AvgIpc) is 3.08. The Morgan fingerprint density at radius 2 is 1.66 bits per heavy atom. The summed E-state index contributed by atoms with van der Waals surface area (Å²) in [5.74, 6) is -30.1. The maximum absolute atomic E-state index is 14.4. The number of alkyl halides is 9. The van der Waals surface area contributed by atoms with Crippen molar-refractivity contribution in [3.8, 4) is 0 Å². The molecule has 3 rings (SSSR count). The highest BCUT2D eigenvalue weighted by Crippen LogP contribution is 2.64. The minimum Gasteiger partial charge on any atom is -0.462 e. The van der Waals surface area contributed by atoms with Crippen LogP contribution in [0.5, 0.6) is 0 Å². The summed E-state index contributed by atoms with van der Waals surface area (Å²) in [5.41, 5.74) is -0.0628. The van der Waals surface area contributed by atoms with E-state index in [2.05, 4.69) is 4.74 Å². The lowest BCUT2D eigenvalue weighted by molar-refractivity contribution is -0.366. The Hall–Kier alpha value is -2.03. The first-order valence-corrected chi connectivity index (χ1v) is 9.90. The first-order valence-electron chi connectivity index (χ1n) is 9.08. The molecule has 1 N–H and O–H groups in total. The van der Waals surface area contributed by atoms with Crippen LogP contribution in [-0.2, 0) is 27.1 Å². The number of carbonyl (C=O) groups is 2. The van der Waals surface area contributed by atoms with Crippen LogP contribution in [0.15, 0.2) is 0 Å². The van der Waals surface area contributed by atoms with E-state index in [1.165, 1.54) is 12.2 Å². The molecule has 0 unspecified atom stereocenters. The lowest BCUT2D eigenvalue weighted by Crippen LogP contribution is -2.63. The van der Waals surface area contributed by atoms with Gasteiger partial charge in [-0.25, -0.2) is 4.79 Å². The van der Waals surface area contributed by atoms with Crippen molar-refractivity contribution in [1.29, 1.82) is 0 Å². The van der Waals surface area contributed by atoms with Crippen LogP contribution in [-0.4, -0.2) is 48.2 Å². The third-order valence-electron chi connectivity index (χ3n) is 5.00. The molecule has 5 nitrogen and oxygen atoms in total. The molecule has 1 saturated heterocycles. The second-order valence-electron chi connectivity index (χ2n) is 7.03. The number of carbonyl (C=O) groups excluding carboxylic acids is 2. The zero-order valence-corrected chi connectivity index (χ0v) is 16.8. The maximum Gasteiger partial charge on any atom is 0.428 e. The van der Waals surface area contributed by atoms with Gasteiger partial charge in [0.05, 0.1) is 12.2 Å². The van der Waals surface area contributed by atoms with Crippen LogP contribution < -0.4 is 5.32 Å². The Morgan fingerprint density at radius 3 is 2.19 bits per heavy atom. The number of aryl methyl sites for hydroxylation is 1. The maximum atomic E-state index is 14.4. The summed E-state index contributed by atoms with van der Waals surface area (Å²) in [6, 6.07) is 0. The van der Waals surface area contributed by atoms with Crippen LogP contribution in [0, 0.1) is 0 Å². The lowest BCUT2D eigenvalue weighted by atomic mass is 9.95. The molecule has 2 heterocycles. The van der Waals surface area contributed by atoms with Crippen LogP contribution in [0.1, 0.15) is 40.6 Å². The number of nitrogens with one attached hydrogen (secondary N) is 1. The van der Waals surface area contributed by atoms with E-state index in [0.717, 1.165) is 0 Å². The first-order chi connectivity index (χ1) is 14.5. The smallest absolute Gasteiger partial charge is 0.428 e. The van der Waals surface area contributed by atoms with E-state index in [1.54, 1.807) is 0 Å². The zero-order chi connectivity index (χ0) is 24.3. The predicted molar refractivity (Wildman–Crippen MR) is 90.3 cm³/mol. The van der Waals surface area contributed by atoms with E-state index in [-0.39, 0.29) is 13.0 Å². The molecule has 1 aromatic rings. The summed E-state index contributed by atoms with van der Waals surface area (Å²) in [4.78, 5) is 24.7. The van der Waals surface area contributed by atoms with Crippen molar-refractivity contribution in [2.75, 3.05) is 11.9 Å². The molecule has 1 aliphatic heterocycles. The van der Waals surface area contributed by atoms with Gasteiger partial charge < -0.3 is 10.1 Å². The highest BCUT2D eigenvalue weighted by atomic mass is 32.1. The van der Waals surface area contributed by atoms with Crippen molar-refractivity contribution in [2.24, 2.45) is 0 Å². The third-order valence-corrected chi connectivity index (χ3v) is 6.21. The van der Waals surface area contributed by atoms with Gasteiger partial charge in [0.1, 0.15) is 5.00 Å². The molecule has 1 atom stereocenters. The summed E-state index contributed by atoms with van der Waals surface area (Å²) in [5, 5.41) is 0.678. The van der Waals surface area contributed by atoms with E-state index >= 15 is 0 Å². The Bertz CT molecular complexity index is 949. The quantitative estimate of drug-likeness (QED) is 0.461. The number of anilines is 1. The number of ether oxygens (including phenoxy) is 2. The van der Waals surface area contributed by atoms with Crippen LogP contribution in [0.3, 0.4) is 0 Å². The van der Waals surface area contributed by atoms with Gasteiger partial charge in [-0.1, -0.05) is 0 Å². The summed E-state index contributed by atoms with van der Waals surface area (Å²) < 4.78 is 131. The minimum atomic E-state index is -6.79. The Balaban J connectivity index is 2.00. The van der Waals surface area contributed by atoms with Crippen LogP contribution >= 0.6 is 11.3 Å². The van der Waals surface area contributed by atoms with Crippen LogP contribution in [0.2, 0.25) is 0 Å². The molecule has 180 valence electrons. The largest absolute Gasteiger partial charge is 0.462 e. The molecule has 0 aromatic carbocycles. The third kappa shape index (κ3) is 3.18. The van der Waals surface area contributed by atoms with Crippen molar-refractivity contribution in [2.45, 2.75) is 62.3 Å². The molecule has 2 aliphatic rings. The van der Waals surface area contributed by atoms with Crippen molar-refractivity contribution in [1.82, 2.24) is 0 Å². The van der Waals surface area contributed by atoms with E-state index < -0.39 is 52.2 Å². The summed E-state index contributed by atoms with van der Waals surface area (Å²) >= 11 is 0.588. The van der Waals surface area contributed by atoms with Crippen molar-refractivity contribution < 1.29 is 58.6 Å². The predicted octanol–water partition coefficient (Wildman–Crippen LogP) is 4.94. The molecular formula is C17H14F9NO4S. The molecule has 0 radical (unpaired) electrons. The van der Waals surface area contributed by atoms with Crippen molar-refractivity contribution in [3.05, 3.63) is 16.0 Å². The highest BCUT2D eigenvalue weighted by molar-refractivity contribution is 7.17. The van der Waals surface area contributed by atoms with E-state index in [4.69, 9.17) is 4.74 Å². The number of hydrogen-bond donors (Lipinski definition) is 1. The minimum absolute atomic E-state index is 0.162. The number of hydrogen-bond acceptors (Lipinski definition) is 5. The summed E-state index contributed by atoms with van der Waals surface area (Å²) in [6.07, 6.45) is -4.48. The topological polar surface area (TPSA) is 64.6 Å². The normalized spacial score (nSPS) is 25.8. The Morgan fingerprint density at radius 1 is 1.06 bits per heavy atom. The molecule has 0 saturated carbocycles. The number of rotatable bonds is 5. The van der Waals surface area contributed by atoms with Crippen molar-refractivity contribution >= 4 is 28.2 Å². The molecular weight excluding hydrogens is 485 g/mol. The monoisotopic (exact) mass is 499 g/mol. The molecule has 15 heteroatoms. The molecule has 0 bridgehead atoms. The van der Waals surface area contributed by atoms with E-state index in [1.807, 2.05) is 0 Å². The highest BCUT2D eigenvalue weighted by Gasteiger charge is 2.96. The van der Waals surface area contributed by atoms with Gasteiger partial charge in [-0.2, -0.15) is 39.5 Å². The number of amides is 1. The molecule has 0 spiro atoms. The van der Waals surface area contributed by atoms with Gasteiger partial charge in [-0.3, -0.25) is 9.53 Å². The first kappa shape index (κ1) is 24.6. The second-order valence-corrected chi connectivity index (χ2v) is 8.13. The van der Waals surface area contributed by atoms with Crippen LogP contribution in [0.25, 0.3) is 0 Å². The Kier molecular flexibility index (Phi) is 5.77. The van der Waals surface area contributed by atoms with Crippen molar-refractivity contribution in [3.63, 3.8) is 0 Å². The standard InChI is InChI=1S/C17H14F9NO4S/c1-2-30-11(28)9-7-5-3-4-6-8(7)32-10(9)27-12(29)13(18,19)16(24)14(20,21)15(22,23)17(25,26)31-16/h2-6H2,1H3,(H,27,29)/t16-/m0/s1. The molecule has 1 aliphatic carbocycles. The summed E-state index contributed by atoms with van der Waals surface area (Å²) in [6.45, 7) is 1.25. The second kappa shape index (κ2) is 7.50. The van der Waals surface area contributed by atoms with Gasteiger partial charge in [0.25, 0.3) is 0 Å². The fourth-order valence-corrected chi connectivity index (χ4v) is 4.62. The van der Waals surface area contributed by atoms with Gasteiger partial charge in [-0.05, 0) is 38.2 Å². The summed E-state index contributed by atoms with van der Waals surface area (Å²) in [7, 11) is 0. The Labute approximate surface area is 177 Å². The van der Waals surface area contributed by atoms with Gasteiger partial charge in [0.15, 0.2) is 0 Å². The fraction of sp³-hybridized carbons (Fsp3) is 0.647. The van der Waals surface area contributed by atoms with Gasteiger partial charge in [0.2, 0.25) is 0 Å². The number of esters is 1. The molecule has 1 aromatic heterocycles. The number of fused-ring (bicyclic) bond motifs is 1. The van der Waals surface area contributed by atoms with Gasteiger partial charge in [0, 0.05) is 4.88 Å². The zero-order valence-electron chi connectivity index (χ0n) is 16.0.